The van der Waals surface area contributed by atoms with Crippen LogP contribution in [0.2, 0.25) is 0 Å². The fourth-order valence-electron chi connectivity index (χ4n) is 0. The van der Waals surface area contributed by atoms with E-state index in [2.05, 4.69) is 0 Å². The molecule has 0 bridgehead atoms. The van der Waals surface area contributed by atoms with E-state index < -0.39 is 0 Å². The van der Waals surface area contributed by atoms with Gasteiger partial charge in [-0.05, 0) is 0 Å². The average molecular weight is 295 g/mol. The van der Waals surface area contributed by atoms with Gasteiger partial charge in [-0.1, -0.05) is 0 Å². The molecule has 0 atom stereocenters. The molecule has 0 fully saturated rings. The Morgan fingerprint density at radius 1 is 1.25 bits per heavy atom. The van der Waals surface area contributed by atoms with Gasteiger partial charge in [0.1, 0.15) is 0 Å². The van der Waals surface area contributed by atoms with Crippen LogP contribution in [-0.4, -0.2) is 17.4 Å². The van der Waals surface area contributed by atoms with Crippen molar-refractivity contribution in [2.45, 2.75) is 0 Å². The van der Waals surface area contributed by atoms with Crippen LogP contribution < -0.4 is 0 Å². The summed E-state index contributed by atoms with van der Waals surface area (Å²) in [6.07, 6.45) is 0. The Labute approximate surface area is 59.9 Å². The summed E-state index contributed by atoms with van der Waals surface area (Å²) in [6, 6.07) is 0. The Balaban J connectivity index is -0.00000000500. The molecule has 0 radical (unpaired) electrons. The zero-order valence-corrected chi connectivity index (χ0v) is 7.42. The van der Waals surface area contributed by atoms with E-state index in [1.807, 2.05) is 0 Å². The smallest absolute Gasteiger partial charge is 0 e. The molecule has 0 saturated carbocycles. The molecular weight excluding hydrogens is 292 g/mol. The monoisotopic (exact) mass is 294 g/mol. The molecule has 20 valence electrons. The van der Waals surface area contributed by atoms with E-state index in [1.54, 1.807) is 0 Å². The van der Waals surface area contributed by atoms with Gasteiger partial charge in [-0.3, -0.25) is 0 Å². The molecule has 0 aliphatic rings. The third-order valence-electron chi connectivity index (χ3n) is 0. The predicted molar refractivity (Wildman–Crippen MR) is 10.6 cm³/mol. The second-order valence-electron chi connectivity index (χ2n) is 0. The maximum Gasteiger partial charge on any atom is 0 e. The third kappa shape index (κ3) is 9.43. The molecule has 0 unspecified atom stereocenters. The molecule has 0 aromatic carbocycles. The Bertz CT molecular complexity index is 8.00. The van der Waals surface area contributed by atoms with Crippen molar-refractivity contribution >= 4 is 17.4 Å². The van der Waals surface area contributed by atoms with E-state index in [-0.39, 0.29) is 56.7 Å². The van der Waals surface area contributed by atoms with Crippen molar-refractivity contribution in [2.24, 2.45) is 0 Å². The van der Waals surface area contributed by atoms with E-state index >= 15 is 0 Å². The zero-order chi connectivity index (χ0) is 2.00. The van der Waals surface area contributed by atoms with Crippen LogP contribution >= 0.6 is 0 Å². The van der Waals surface area contributed by atoms with E-state index in [0.29, 0.717) is 0 Å². The van der Waals surface area contributed by atoms with Crippen molar-refractivity contribution < 1.29 is 42.9 Å². The van der Waals surface area contributed by atoms with Gasteiger partial charge in [0.2, 0.25) is 0 Å². The number of rotatable bonds is 0. The number of hydrogen-bond donors (Lipinski definition) is 0. The van der Waals surface area contributed by atoms with Gasteiger partial charge in [0, 0.05) is 21.1 Å². The van der Waals surface area contributed by atoms with Crippen molar-refractivity contribution in [3.63, 3.8) is 0 Å². The molecule has 0 spiro atoms. The van der Waals surface area contributed by atoms with Crippen molar-refractivity contribution in [2.75, 3.05) is 0 Å². The van der Waals surface area contributed by atoms with Crippen LogP contribution in [0.25, 0.3) is 0 Å². The van der Waals surface area contributed by atoms with E-state index in [0.717, 1.165) is 0 Å². The first-order valence-corrected chi connectivity index (χ1v) is 1.50. The topological polar surface area (TPSA) is 17.1 Å². The Kier molecular flexibility index (Phi) is 99.3. The molecule has 0 heterocycles. The first-order valence-electron chi connectivity index (χ1n) is 0.289. The van der Waals surface area contributed by atoms with Gasteiger partial charge < -0.3 is 0 Å². The first-order chi connectivity index (χ1) is 1.00. The summed E-state index contributed by atoms with van der Waals surface area (Å²) >= 11 is 0.125. The van der Waals surface area contributed by atoms with Gasteiger partial charge >= 0.3 is 21.8 Å². The molecule has 4 heavy (non-hydrogen) atoms. The second-order valence-corrected chi connectivity index (χ2v) is 0. The fraction of sp³-hybridized carbons (Fsp3) is 0. The van der Waals surface area contributed by atoms with Crippen LogP contribution in [-0.2, 0) is 42.9 Å². The standard InChI is InChI=1S/Al.O.W.Zn.3H. The molecule has 0 amide bonds. The number of hydrogen-bond acceptors (Lipinski definition) is 1. The molecule has 0 aliphatic carbocycles. The van der Waals surface area contributed by atoms with E-state index in [4.69, 9.17) is 3.57 Å². The van der Waals surface area contributed by atoms with E-state index in [1.165, 1.54) is 0 Å². The van der Waals surface area contributed by atoms with Gasteiger partial charge in [-0.2, -0.15) is 0 Å². The average Bonchev–Trinajstić information content (AvgIpc) is 1.00. The van der Waals surface area contributed by atoms with Crippen LogP contribution in [0.4, 0.5) is 0 Å². The molecule has 0 aliphatic heterocycles. The van der Waals surface area contributed by atoms with Gasteiger partial charge in [0.25, 0.3) is 0 Å². The molecule has 0 aromatic heterocycles. The van der Waals surface area contributed by atoms with Crippen LogP contribution in [0.1, 0.15) is 0 Å². The van der Waals surface area contributed by atoms with E-state index in [9.17, 15) is 0 Å². The molecule has 4 heteroatoms. The largest absolute Gasteiger partial charge is 0 e. The summed E-state index contributed by atoms with van der Waals surface area (Å²) in [6.45, 7) is 0. The molecule has 0 aromatic rings. The fourth-order valence-corrected chi connectivity index (χ4v) is 0. The molecule has 0 saturated heterocycles. The van der Waals surface area contributed by atoms with Crippen LogP contribution in [0, 0.1) is 0 Å². The van der Waals surface area contributed by atoms with Crippen molar-refractivity contribution in [3.05, 3.63) is 0 Å². The minimum Gasteiger partial charge on any atom is 0 e. The molecular formula is H3AlOWZn. The SMILES string of the molecule is [AlH3].[O]=[Zn].[W]. The summed E-state index contributed by atoms with van der Waals surface area (Å²) in [5.41, 5.74) is 0. The van der Waals surface area contributed by atoms with Crippen LogP contribution in [0.15, 0.2) is 0 Å². The Morgan fingerprint density at radius 2 is 1.25 bits per heavy atom. The quantitative estimate of drug-likeness (QED) is 0.507. The normalized spacial score (nSPS) is 1.50. The molecule has 0 rings (SSSR count). The first kappa shape index (κ1) is 17.4. The van der Waals surface area contributed by atoms with Gasteiger partial charge in [0.15, 0.2) is 17.4 Å². The van der Waals surface area contributed by atoms with Gasteiger partial charge in [0.05, 0.1) is 0 Å². The summed E-state index contributed by atoms with van der Waals surface area (Å²) in [4.78, 5) is 0. The Hall–Kier alpha value is 1.64. The molecule has 0 N–H and O–H groups in total. The van der Waals surface area contributed by atoms with Crippen molar-refractivity contribution in [3.8, 4) is 0 Å². The van der Waals surface area contributed by atoms with Crippen LogP contribution in [0.3, 0.4) is 0 Å². The zero-order valence-electron chi connectivity index (χ0n) is 1.52. The summed E-state index contributed by atoms with van der Waals surface area (Å²) in [5.74, 6) is 0. The summed E-state index contributed by atoms with van der Waals surface area (Å²) in [5, 5.41) is 0. The maximum absolute atomic E-state index is 8.38. The minimum atomic E-state index is 0. The third-order valence-corrected chi connectivity index (χ3v) is 0. The van der Waals surface area contributed by atoms with Crippen molar-refractivity contribution in [1.82, 2.24) is 0 Å². The predicted octanol–water partition coefficient (Wildman–Crippen LogP) is -1.31. The van der Waals surface area contributed by atoms with Gasteiger partial charge in [-0.15, -0.1) is 0 Å². The summed E-state index contributed by atoms with van der Waals surface area (Å²) < 4.78 is 8.38. The van der Waals surface area contributed by atoms with Crippen LogP contribution in [0.5, 0.6) is 0 Å². The second kappa shape index (κ2) is 22.8. The summed E-state index contributed by atoms with van der Waals surface area (Å²) in [7, 11) is 0. The van der Waals surface area contributed by atoms with Crippen molar-refractivity contribution in [1.29, 1.82) is 0 Å². The Morgan fingerprint density at radius 3 is 1.25 bits per heavy atom. The minimum absolute atomic E-state index is 0. The molecule has 1 nitrogen and oxygen atoms in total. The van der Waals surface area contributed by atoms with Gasteiger partial charge in [-0.25, -0.2) is 0 Å². The maximum atomic E-state index is 8.38.